The summed E-state index contributed by atoms with van der Waals surface area (Å²) < 4.78 is 51.8. The molecule has 0 fully saturated rings. The van der Waals surface area contributed by atoms with Crippen molar-refractivity contribution in [2.75, 3.05) is 6.61 Å². The Balaban J connectivity index is 2.30. The van der Waals surface area contributed by atoms with Gasteiger partial charge in [-0.25, -0.2) is 8.42 Å². The van der Waals surface area contributed by atoms with Crippen LogP contribution in [-0.2, 0) is 13.8 Å². The largest absolute Gasteiger partial charge is 0.491 e. The number of fused-ring (bicyclic) bond motifs is 1. The summed E-state index contributed by atoms with van der Waals surface area (Å²) in [6.45, 7) is -0.0421. The van der Waals surface area contributed by atoms with E-state index < -0.39 is 27.4 Å². The molecule has 1 aromatic rings. The molecule has 0 aromatic heterocycles. The molecule has 2 rings (SSSR count). The molecule has 1 aromatic carbocycles. The molecule has 1 amide bonds. The second-order valence-electron chi connectivity index (χ2n) is 3.81. The lowest BCUT2D eigenvalue weighted by Crippen LogP contribution is -2.34. The Morgan fingerprint density at radius 3 is 2.74 bits per heavy atom. The summed E-state index contributed by atoms with van der Waals surface area (Å²) in [7, 11) is 1.25. The van der Waals surface area contributed by atoms with E-state index in [-0.39, 0.29) is 11.5 Å². The van der Waals surface area contributed by atoms with Crippen LogP contribution in [0.25, 0.3) is 0 Å². The van der Waals surface area contributed by atoms with Crippen molar-refractivity contribution in [2.24, 2.45) is 0 Å². The Morgan fingerprint density at radius 2 is 2.16 bits per heavy atom. The molecule has 0 aliphatic carbocycles. The fraction of sp³-hybridized carbons (Fsp3) is 0.300. The predicted molar refractivity (Wildman–Crippen MR) is 61.9 cm³/mol. The Kier molecular flexibility index (Phi) is 3.64. The van der Waals surface area contributed by atoms with E-state index in [4.69, 9.17) is 15.4 Å². The summed E-state index contributed by atoms with van der Waals surface area (Å²) >= 11 is 0. The molecule has 0 radical (unpaired) electrons. The summed E-state index contributed by atoms with van der Waals surface area (Å²) in [6.07, 6.45) is -3.15. The number of hydrogen-bond donors (Lipinski definition) is 1. The van der Waals surface area contributed by atoms with E-state index in [9.17, 15) is 22.0 Å². The number of nitrogens with one attached hydrogen (secondary N) is 1. The number of ether oxygens (including phenoxy) is 1. The smallest absolute Gasteiger partial charge is 0.315 e. The van der Waals surface area contributed by atoms with Crippen molar-refractivity contribution in [2.45, 2.75) is 17.4 Å². The number of rotatable bonds is 3. The molecule has 1 atom stereocenters. The molecule has 19 heavy (non-hydrogen) atoms. The molecule has 1 unspecified atom stereocenters. The average Bonchev–Trinajstić information content (AvgIpc) is 2.70. The molecule has 1 heterocycles. The van der Waals surface area contributed by atoms with Crippen LogP contribution in [-0.4, -0.2) is 27.4 Å². The Morgan fingerprint density at radius 1 is 1.47 bits per heavy atom. The van der Waals surface area contributed by atoms with Crippen molar-refractivity contribution in [3.05, 3.63) is 23.8 Å². The molecule has 1 N–H and O–H groups in total. The highest BCUT2D eigenvalue weighted by atomic mass is 35.7. The third-order valence-corrected chi connectivity index (χ3v) is 3.91. The maximum atomic E-state index is 12.2. The van der Waals surface area contributed by atoms with Crippen molar-refractivity contribution < 1.29 is 26.7 Å². The minimum absolute atomic E-state index is 0.0421. The topological polar surface area (TPSA) is 72.5 Å². The van der Waals surface area contributed by atoms with Crippen molar-refractivity contribution >= 4 is 25.6 Å². The molecular weight excluding hydrogens is 304 g/mol. The van der Waals surface area contributed by atoms with Crippen LogP contribution in [0.5, 0.6) is 5.75 Å². The van der Waals surface area contributed by atoms with E-state index >= 15 is 0 Å². The zero-order valence-electron chi connectivity index (χ0n) is 9.27. The Hall–Kier alpha value is -1.41. The van der Waals surface area contributed by atoms with Crippen LogP contribution in [0.2, 0.25) is 0 Å². The van der Waals surface area contributed by atoms with Crippen LogP contribution in [0.4, 0.5) is 8.78 Å². The second-order valence-corrected chi connectivity index (χ2v) is 6.38. The summed E-state index contributed by atoms with van der Waals surface area (Å²) in [5, 5.41) is 2.06. The molecule has 1 aliphatic rings. The van der Waals surface area contributed by atoms with Crippen LogP contribution >= 0.6 is 10.7 Å². The predicted octanol–water partition coefficient (Wildman–Crippen LogP) is 1.43. The molecule has 5 nitrogen and oxygen atoms in total. The number of halogens is 3. The highest BCUT2D eigenvalue weighted by Gasteiger charge is 2.29. The Bertz CT molecular complexity index is 620. The van der Waals surface area contributed by atoms with Gasteiger partial charge in [0, 0.05) is 16.2 Å². The first-order valence-electron chi connectivity index (χ1n) is 5.09. The third kappa shape index (κ3) is 2.95. The van der Waals surface area contributed by atoms with Gasteiger partial charge in [0.25, 0.3) is 15.0 Å². The van der Waals surface area contributed by atoms with Crippen LogP contribution < -0.4 is 10.1 Å². The minimum atomic E-state index is -3.94. The zero-order chi connectivity index (χ0) is 14.2. The van der Waals surface area contributed by atoms with E-state index in [1.165, 1.54) is 18.2 Å². The van der Waals surface area contributed by atoms with Gasteiger partial charge in [-0.2, -0.15) is 8.78 Å². The number of benzene rings is 1. The van der Waals surface area contributed by atoms with Gasteiger partial charge in [-0.15, -0.1) is 0 Å². The first-order chi connectivity index (χ1) is 8.79. The number of amides is 1. The molecule has 0 saturated carbocycles. The van der Waals surface area contributed by atoms with Crippen molar-refractivity contribution in [1.29, 1.82) is 0 Å². The van der Waals surface area contributed by atoms with Crippen LogP contribution in [0.1, 0.15) is 11.6 Å². The fourth-order valence-electron chi connectivity index (χ4n) is 1.70. The van der Waals surface area contributed by atoms with Gasteiger partial charge in [0.15, 0.2) is 0 Å². The third-order valence-electron chi connectivity index (χ3n) is 2.56. The highest BCUT2D eigenvalue weighted by Crippen LogP contribution is 2.34. The second kappa shape index (κ2) is 4.93. The van der Waals surface area contributed by atoms with Crippen molar-refractivity contribution in [1.82, 2.24) is 5.32 Å². The fourth-order valence-corrected chi connectivity index (χ4v) is 2.49. The lowest BCUT2D eigenvalue weighted by molar-refractivity contribution is -0.132. The van der Waals surface area contributed by atoms with E-state index in [1.807, 2.05) is 0 Å². The van der Waals surface area contributed by atoms with Crippen molar-refractivity contribution in [3.63, 3.8) is 0 Å². The first kappa shape index (κ1) is 14.0. The van der Waals surface area contributed by atoms with E-state index in [1.54, 1.807) is 0 Å². The SMILES string of the molecule is O=C(NC1COc2ccc(S(=O)(=O)Cl)cc21)C(F)F. The monoisotopic (exact) mass is 311 g/mol. The number of alkyl halides is 2. The number of hydrogen-bond acceptors (Lipinski definition) is 4. The molecule has 1 aliphatic heterocycles. The van der Waals surface area contributed by atoms with Gasteiger partial charge in [-0.1, -0.05) is 0 Å². The van der Waals surface area contributed by atoms with E-state index in [0.29, 0.717) is 11.3 Å². The van der Waals surface area contributed by atoms with Crippen LogP contribution in [0, 0.1) is 0 Å². The van der Waals surface area contributed by atoms with Crippen LogP contribution in [0.15, 0.2) is 23.1 Å². The Labute approximate surface area is 111 Å². The van der Waals surface area contributed by atoms with Crippen molar-refractivity contribution in [3.8, 4) is 5.75 Å². The quantitative estimate of drug-likeness (QED) is 0.857. The maximum Gasteiger partial charge on any atom is 0.315 e. The summed E-state index contributed by atoms with van der Waals surface area (Å²) in [5.74, 6) is -1.12. The standard InChI is InChI=1S/C10H8ClF2NO4S/c11-19(16,17)5-1-2-8-6(3-5)7(4-18-8)14-10(15)9(12)13/h1-3,7,9H,4H2,(H,14,15). The lowest BCUT2D eigenvalue weighted by Gasteiger charge is -2.11. The molecule has 0 bridgehead atoms. The minimum Gasteiger partial charge on any atom is -0.491 e. The number of carbonyl (C=O) groups is 1. The lowest BCUT2D eigenvalue weighted by atomic mass is 10.1. The summed E-state index contributed by atoms with van der Waals surface area (Å²) in [4.78, 5) is 10.7. The average molecular weight is 312 g/mol. The van der Waals surface area contributed by atoms with Gasteiger partial charge in [-0.3, -0.25) is 4.79 Å². The van der Waals surface area contributed by atoms with Gasteiger partial charge in [0.2, 0.25) is 0 Å². The molecule has 104 valence electrons. The molecule has 0 saturated heterocycles. The van der Waals surface area contributed by atoms with Gasteiger partial charge >= 0.3 is 6.43 Å². The van der Waals surface area contributed by atoms with Gasteiger partial charge in [0.05, 0.1) is 10.9 Å². The van der Waals surface area contributed by atoms with Crippen LogP contribution in [0.3, 0.4) is 0 Å². The molecular formula is C10H8ClF2NO4S. The zero-order valence-corrected chi connectivity index (χ0v) is 10.8. The van der Waals surface area contributed by atoms with Gasteiger partial charge in [0.1, 0.15) is 12.4 Å². The maximum absolute atomic E-state index is 12.2. The van der Waals surface area contributed by atoms with E-state index in [2.05, 4.69) is 5.32 Å². The normalized spacial score (nSPS) is 18.0. The number of carbonyl (C=O) groups excluding carboxylic acids is 1. The van der Waals surface area contributed by atoms with Gasteiger partial charge in [-0.05, 0) is 18.2 Å². The summed E-state index contributed by atoms with van der Waals surface area (Å²) in [5.41, 5.74) is 0.302. The highest BCUT2D eigenvalue weighted by molar-refractivity contribution is 8.13. The van der Waals surface area contributed by atoms with E-state index in [0.717, 1.165) is 0 Å². The molecule has 9 heteroatoms. The summed E-state index contributed by atoms with van der Waals surface area (Å²) in [6, 6.07) is 2.97. The first-order valence-corrected chi connectivity index (χ1v) is 7.40. The molecule has 0 spiro atoms. The van der Waals surface area contributed by atoms with Gasteiger partial charge < -0.3 is 10.1 Å².